The summed E-state index contributed by atoms with van der Waals surface area (Å²) < 4.78 is 19.4. The molecule has 0 radical (unpaired) electrons. The van der Waals surface area contributed by atoms with Crippen molar-refractivity contribution in [3.63, 3.8) is 0 Å². The Morgan fingerprint density at radius 2 is 2.25 bits per heavy atom. The Bertz CT molecular complexity index is 498. The van der Waals surface area contributed by atoms with Crippen LogP contribution in [0.2, 0.25) is 0 Å². The Morgan fingerprint density at radius 3 is 3.00 bits per heavy atom. The van der Waals surface area contributed by atoms with Gasteiger partial charge in [-0.15, -0.1) is 0 Å². The lowest BCUT2D eigenvalue weighted by Gasteiger charge is -1.98. The second-order valence-electron chi connectivity index (χ2n) is 3.34. The van der Waals surface area contributed by atoms with Gasteiger partial charge in [-0.3, -0.25) is 0 Å². The molecule has 0 bridgehead atoms. The van der Waals surface area contributed by atoms with E-state index in [1.54, 1.807) is 18.2 Å². The number of halogens is 2. The van der Waals surface area contributed by atoms with Crippen molar-refractivity contribution in [3.8, 4) is 11.3 Å². The molecular formula is C11H10BrFN2O. The number of nitrogens with zero attached hydrogens (tertiary/aromatic N) is 1. The second-order valence-corrected chi connectivity index (χ2v) is 4.25. The van der Waals surface area contributed by atoms with Gasteiger partial charge in [-0.1, -0.05) is 21.1 Å². The molecule has 0 aliphatic heterocycles. The summed E-state index contributed by atoms with van der Waals surface area (Å²) >= 11 is 3.29. The first-order chi connectivity index (χ1) is 7.70. The van der Waals surface area contributed by atoms with Gasteiger partial charge in [0.15, 0.2) is 5.76 Å². The number of hydrogen-bond acceptors (Lipinski definition) is 3. The van der Waals surface area contributed by atoms with Crippen molar-refractivity contribution in [2.24, 2.45) is 0 Å². The fourth-order valence-corrected chi connectivity index (χ4v) is 1.75. The molecule has 0 amide bonds. The van der Waals surface area contributed by atoms with Gasteiger partial charge in [0.1, 0.15) is 5.82 Å². The number of rotatable bonds is 3. The van der Waals surface area contributed by atoms with Gasteiger partial charge in [-0.25, -0.2) is 4.39 Å². The highest BCUT2D eigenvalue weighted by atomic mass is 79.9. The highest BCUT2D eigenvalue weighted by molar-refractivity contribution is 9.10. The van der Waals surface area contributed by atoms with Crippen LogP contribution >= 0.6 is 15.9 Å². The zero-order valence-corrected chi connectivity index (χ0v) is 10.2. The summed E-state index contributed by atoms with van der Waals surface area (Å²) in [6.07, 6.45) is 0. The van der Waals surface area contributed by atoms with Crippen LogP contribution in [-0.2, 0) is 6.54 Å². The highest BCUT2D eigenvalue weighted by Crippen LogP contribution is 2.26. The van der Waals surface area contributed by atoms with Crippen LogP contribution in [0.25, 0.3) is 11.3 Å². The zero-order chi connectivity index (χ0) is 11.5. The highest BCUT2D eigenvalue weighted by Gasteiger charge is 2.11. The van der Waals surface area contributed by atoms with Gasteiger partial charge in [0, 0.05) is 17.1 Å². The minimum Gasteiger partial charge on any atom is -0.356 e. The summed E-state index contributed by atoms with van der Waals surface area (Å²) in [7, 11) is 1.81. The van der Waals surface area contributed by atoms with Crippen LogP contribution in [0, 0.1) is 5.82 Å². The molecule has 2 aromatic rings. The van der Waals surface area contributed by atoms with E-state index in [0.29, 0.717) is 17.9 Å². The topological polar surface area (TPSA) is 38.1 Å². The van der Waals surface area contributed by atoms with Crippen molar-refractivity contribution in [2.75, 3.05) is 7.05 Å². The average molecular weight is 285 g/mol. The van der Waals surface area contributed by atoms with Crippen molar-refractivity contribution in [1.82, 2.24) is 10.5 Å². The molecule has 0 aliphatic rings. The summed E-state index contributed by atoms with van der Waals surface area (Å²) in [5.41, 5.74) is 1.15. The molecule has 5 heteroatoms. The maximum atomic E-state index is 13.5. The molecule has 0 spiro atoms. The normalized spacial score (nSPS) is 10.7. The lowest BCUT2D eigenvalue weighted by molar-refractivity contribution is 0.419. The Balaban J connectivity index is 2.38. The Kier molecular flexibility index (Phi) is 3.36. The van der Waals surface area contributed by atoms with Gasteiger partial charge in [-0.05, 0) is 25.2 Å². The molecule has 1 aromatic heterocycles. The van der Waals surface area contributed by atoms with Gasteiger partial charge in [-0.2, -0.15) is 0 Å². The Labute approximate surface area is 101 Å². The van der Waals surface area contributed by atoms with E-state index in [1.807, 2.05) is 7.05 Å². The largest absolute Gasteiger partial charge is 0.356 e. The van der Waals surface area contributed by atoms with Crippen molar-refractivity contribution < 1.29 is 8.91 Å². The summed E-state index contributed by atoms with van der Waals surface area (Å²) in [6.45, 7) is 0.596. The third-order valence-corrected chi connectivity index (χ3v) is 2.60. The molecule has 0 atom stereocenters. The molecule has 3 nitrogen and oxygen atoms in total. The van der Waals surface area contributed by atoms with Crippen molar-refractivity contribution >= 4 is 15.9 Å². The summed E-state index contributed by atoms with van der Waals surface area (Å²) in [6, 6.07) is 6.42. The number of benzene rings is 1. The van der Waals surface area contributed by atoms with Gasteiger partial charge in [0.05, 0.1) is 11.3 Å². The van der Waals surface area contributed by atoms with Crippen LogP contribution in [-0.4, -0.2) is 12.2 Å². The van der Waals surface area contributed by atoms with E-state index in [0.717, 1.165) is 10.2 Å². The maximum Gasteiger partial charge on any atom is 0.170 e. The number of nitrogens with one attached hydrogen (secondary N) is 1. The van der Waals surface area contributed by atoms with Gasteiger partial charge in [0.2, 0.25) is 0 Å². The monoisotopic (exact) mass is 284 g/mol. The minimum atomic E-state index is -0.324. The predicted molar refractivity (Wildman–Crippen MR) is 62.4 cm³/mol. The van der Waals surface area contributed by atoms with Crippen LogP contribution in [0.1, 0.15) is 5.69 Å². The van der Waals surface area contributed by atoms with E-state index in [2.05, 4.69) is 26.4 Å². The van der Waals surface area contributed by atoms with Crippen LogP contribution in [0.3, 0.4) is 0 Å². The van der Waals surface area contributed by atoms with Gasteiger partial charge in [0.25, 0.3) is 0 Å². The molecule has 2 rings (SSSR count). The predicted octanol–water partition coefficient (Wildman–Crippen LogP) is 2.96. The molecule has 16 heavy (non-hydrogen) atoms. The Hall–Kier alpha value is -1.20. The van der Waals surface area contributed by atoms with E-state index < -0.39 is 0 Å². The van der Waals surface area contributed by atoms with Crippen LogP contribution < -0.4 is 5.32 Å². The van der Waals surface area contributed by atoms with E-state index in [9.17, 15) is 4.39 Å². The lowest BCUT2D eigenvalue weighted by Crippen LogP contribution is -2.04. The first-order valence-corrected chi connectivity index (χ1v) is 5.55. The summed E-state index contributed by atoms with van der Waals surface area (Å²) in [5.74, 6) is 0.111. The van der Waals surface area contributed by atoms with Crippen LogP contribution in [0.15, 0.2) is 33.3 Å². The van der Waals surface area contributed by atoms with E-state index in [4.69, 9.17) is 4.52 Å². The maximum absolute atomic E-state index is 13.5. The molecule has 0 aliphatic carbocycles. The lowest BCUT2D eigenvalue weighted by atomic mass is 10.1. The Morgan fingerprint density at radius 1 is 1.44 bits per heavy atom. The zero-order valence-electron chi connectivity index (χ0n) is 8.63. The smallest absolute Gasteiger partial charge is 0.170 e. The van der Waals surface area contributed by atoms with Crippen molar-refractivity contribution in [1.29, 1.82) is 0 Å². The number of aromatic nitrogens is 1. The minimum absolute atomic E-state index is 0.324. The molecule has 0 saturated carbocycles. The van der Waals surface area contributed by atoms with E-state index in [-0.39, 0.29) is 5.82 Å². The van der Waals surface area contributed by atoms with Crippen LogP contribution in [0.5, 0.6) is 0 Å². The van der Waals surface area contributed by atoms with Crippen molar-refractivity contribution in [3.05, 3.63) is 40.2 Å². The fraction of sp³-hybridized carbons (Fsp3) is 0.182. The van der Waals surface area contributed by atoms with Gasteiger partial charge < -0.3 is 9.84 Å². The molecule has 0 unspecified atom stereocenters. The molecule has 0 saturated heterocycles. The molecule has 1 N–H and O–H groups in total. The molecular weight excluding hydrogens is 275 g/mol. The van der Waals surface area contributed by atoms with Crippen LogP contribution in [0.4, 0.5) is 4.39 Å². The fourth-order valence-electron chi connectivity index (χ4n) is 1.39. The summed E-state index contributed by atoms with van der Waals surface area (Å²) in [5, 5.41) is 6.78. The molecule has 1 heterocycles. The quantitative estimate of drug-likeness (QED) is 0.942. The van der Waals surface area contributed by atoms with E-state index in [1.165, 1.54) is 6.07 Å². The molecule has 1 aromatic carbocycles. The van der Waals surface area contributed by atoms with Gasteiger partial charge >= 0.3 is 0 Å². The summed E-state index contributed by atoms with van der Waals surface area (Å²) in [4.78, 5) is 0. The first kappa shape index (κ1) is 11.3. The number of hydrogen-bond donors (Lipinski definition) is 1. The molecule has 84 valence electrons. The van der Waals surface area contributed by atoms with Crippen molar-refractivity contribution in [2.45, 2.75) is 6.54 Å². The first-order valence-electron chi connectivity index (χ1n) is 4.76. The third kappa shape index (κ3) is 2.31. The molecule has 0 fully saturated rings. The second kappa shape index (κ2) is 4.76. The average Bonchev–Trinajstić information content (AvgIpc) is 2.71. The standard InChI is InChI=1S/C11H10BrFN2O/c1-14-6-8-5-11(16-15-8)9-4-7(12)2-3-10(9)13/h2-5,14H,6H2,1H3. The third-order valence-electron chi connectivity index (χ3n) is 2.11. The SMILES string of the molecule is CNCc1cc(-c2cc(Br)ccc2F)on1. The van der Waals surface area contributed by atoms with E-state index >= 15 is 0 Å².